The summed E-state index contributed by atoms with van der Waals surface area (Å²) in [6.07, 6.45) is -0.147. The third kappa shape index (κ3) is 3.91. The number of hydrogen-bond donors (Lipinski definition) is 1. The molecule has 132 valence electrons. The zero-order valence-electron chi connectivity index (χ0n) is 13.9. The van der Waals surface area contributed by atoms with Gasteiger partial charge in [0.15, 0.2) is 17.6 Å². The molecule has 1 atom stereocenters. The van der Waals surface area contributed by atoms with E-state index in [0.717, 1.165) is 0 Å². The van der Waals surface area contributed by atoms with E-state index in [4.69, 9.17) is 30.5 Å². The summed E-state index contributed by atoms with van der Waals surface area (Å²) in [6.45, 7) is 2.06. The first-order valence-electron chi connectivity index (χ1n) is 7.81. The molecule has 1 N–H and O–H groups in total. The lowest BCUT2D eigenvalue weighted by molar-refractivity contribution is -0.122. The standard InChI is InChI=1S/C18H18ClNO5/c1-3-14(25-12-5-7-16-17(9-12)24-10-23-16)18(21)20-11-4-6-15(22-2)13(19)8-11/h4-9,14H,3,10H2,1-2H3,(H,20,21). The summed E-state index contributed by atoms with van der Waals surface area (Å²) >= 11 is 6.08. The van der Waals surface area contributed by atoms with Crippen LogP contribution in [0.25, 0.3) is 0 Å². The van der Waals surface area contributed by atoms with Gasteiger partial charge >= 0.3 is 0 Å². The van der Waals surface area contributed by atoms with Crippen molar-refractivity contribution in [3.8, 4) is 23.0 Å². The number of anilines is 1. The second kappa shape index (κ2) is 7.53. The van der Waals surface area contributed by atoms with Crippen molar-refractivity contribution in [3.63, 3.8) is 0 Å². The molecule has 0 bridgehead atoms. The molecule has 1 amide bonds. The van der Waals surface area contributed by atoms with Crippen LogP contribution in [0.5, 0.6) is 23.0 Å². The summed E-state index contributed by atoms with van der Waals surface area (Å²) in [5.74, 6) is 2.09. The molecule has 1 aliphatic heterocycles. The number of nitrogens with one attached hydrogen (secondary N) is 1. The highest BCUT2D eigenvalue weighted by Gasteiger charge is 2.21. The van der Waals surface area contributed by atoms with Crippen LogP contribution in [0.4, 0.5) is 5.69 Å². The summed E-state index contributed by atoms with van der Waals surface area (Å²) in [5.41, 5.74) is 0.573. The summed E-state index contributed by atoms with van der Waals surface area (Å²) in [6, 6.07) is 10.3. The van der Waals surface area contributed by atoms with Gasteiger partial charge in [-0.05, 0) is 36.8 Å². The van der Waals surface area contributed by atoms with Crippen molar-refractivity contribution >= 4 is 23.2 Å². The van der Waals surface area contributed by atoms with Crippen LogP contribution >= 0.6 is 11.6 Å². The van der Waals surface area contributed by atoms with Gasteiger partial charge in [-0.3, -0.25) is 4.79 Å². The Bertz CT molecular complexity index is 780. The van der Waals surface area contributed by atoms with Crippen LogP contribution < -0.4 is 24.3 Å². The number of ether oxygens (including phenoxy) is 4. The molecule has 7 heteroatoms. The summed E-state index contributed by atoms with van der Waals surface area (Å²) in [5, 5.41) is 3.22. The van der Waals surface area contributed by atoms with Gasteiger partial charge in [0.05, 0.1) is 12.1 Å². The molecule has 0 spiro atoms. The van der Waals surface area contributed by atoms with Crippen LogP contribution in [0.3, 0.4) is 0 Å². The average Bonchev–Trinajstić information content (AvgIpc) is 3.07. The molecule has 2 aromatic rings. The minimum absolute atomic E-state index is 0.189. The maximum Gasteiger partial charge on any atom is 0.265 e. The van der Waals surface area contributed by atoms with Crippen molar-refractivity contribution in [2.75, 3.05) is 19.2 Å². The van der Waals surface area contributed by atoms with Crippen molar-refractivity contribution in [2.24, 2.45) is 0 Å². The number of fused-ring (bicyclic) bond motifs is 1. The van der Waals surface area contributed by atoms with E-state index in [9.17, 15) is 4.79 Å². The Hall–Kier alpha value is -2.60. The molecular weight excluding hydrogens is 346 g/mol. The molecule has 1 aliphatic rings. The number of methoxy groups -OCH3 is 1. The first-order valence-corrected chi connectivity index (χ1v) is 8.19. The number of carbonyl (C=O) groups excluding carboxylic acids is 1. The van der Waals surface area contributed by atoms with Gasteiger partial charge in [0, 0.05) is 11.8 Å². The number of carbonyl (C=O) groups is 1. The van der Waals surface area contributed by atoms with Crippen molar-refractivity contribution in [3.05, 3.63) is 41.4 Å². The Balaban J connectivity index is 1.68. The molecule has 3 rings (SSSR count). The fraction of sp³-hybridized carbons (Fsp3) is 0.278. The molecule has 0 radical (unpaired) electrons. The fourth-order valence-corrected chi connectivity index (χ4v) is 2.66. The van der Waals surface area contributed by atoms with E-state index >= 15 is 0 Å². The van der Waals surface area contributed by atoms with Gasteiger partial charge in [-0.1, -0.05) is 18.5 Å². The number of amides is 1. The molecule has 1 heterocycles. The summed E-state index contributed by atoms with van der Waals surface area (Å²) in [4.78, 5) is 12.5. The Morgan fingerprint density at radius 1 is 1.24 bits per heavy atom. The number of rotatable bonds is 6. The molecule has 0 saturated heterocycles. The first kappa shape index (κ1) is 17.2. The number of halogens is 1. The molecule has 0 fully saturated rings. The predicted octanol–water partition coefficient (Wildman–Crippen LogP) is 3.87. The predicted molar refractivity (Wildman–Crippen MR) is 93.9 cm³/mol. The van der Waals surface area contributed by atoms with Gasteiger partial charge in [0.2, 0.25) is 6.79 Å². The third-order valence-electron chi connectivity index (χ3n) is 3.70. The SMILES string of the molecule is CCC(Oc1ccc2c(c1)OCO2)C(=O)Nc1ccc(OC)c(Cl)c1. The quantitative estimate of drug-likeness (QED) is 0.843. The zero-order valence-corrected chi connectivity index (χ0v) is 14.6. The van der Waals surface area contributed by atoms with Crippen LogP contribution in [0, 0.1) is 0 Å². The summed E-state index contributed by atoms with van der Waals surface area (Å²) in [7, 11) is 1.53. The van der Waals surface area contributed by atoms with E-state index in [0.29, 0.717) is 40.1 Å². The Morgan fingerprint density at radius 2 is 2.04 bits per heavy atom. The van der Waals surface area contributed by atoms with Crippen LogP contribution in [-0.4, -0.2) is 25.9 Å². The maximum atomic E-state index is 12.5. The fourth-order valence-electron chi connectivity index (χ4n) is 2.40. The average molecular weight is 364 g/mol. The molecule has 0 aromatic heterocycles. The molecule has 2 aromatic carbocycles. The van der Waals surface area contributed by atoms with E-state index in [2.05, 4.69) is 5.32 Å². The highest BCUT2D eigenvalue weighted by Crippen LogP contribution is 2.35. The van der Waals surface area contributed by atoms with E-state index in [1.807, 2.05) is 6.92 Å². The van der Waals surface area contributed by atoms with E-state index in [1.165, 1.54) is 7.11 Å². The largest absolute Gasteiger partial charge is 0.495 e. The van der Waals surface area contributed by atoms with Crippen LogP contribution in [-0.2, 0) is 4.79 Å². The minimum atomic E-state index is -0.652. The number of hydrogen-bond acceptors (Lipinski definition) is 5. The van der Waals surface area contributed by atoms with Gasteiger partial charge < -0.3 is 24.3 Å². The second-order valence-corrected chi connectivity index (χ2v) is 5.78. The summed E-state index contributed by atoms with van der Waals surface area (Å²) < 4.78 is 21.5. The van der Waals surface area contributed by atoms with Crippen LogP contribution in [0.1, 0.15) is 13.3 Å². The Labute approximate surface area is 150 Å². The normalized spacial score (nSPS) is 13.2. The Morgan fingerprint density at radius 3 is 2.76 bits per heavy atom. The molecular formula is C18H18ClNO5. The van der Waals surface area contributed by atoms with Gasteiger partial charge in [-0.15, -0.1) is 0 Å². The minimum Gasteiger partial charge on any atom is -0.495 e. The molecule has 6 nitrogen and oxygen atoms in total. The molecule has 0 aliphatic carbocycles. The molecule has 1 unspecified atom stereocenters. The lowest BCUT2D eigenvalue weighted by Crippen LogP contribution is -2.32. The Kier molecular flexibility index (Phi) is 5.19. The van der Waals surface area contributed by atoms with Gasteiger partial charge in [0.25, 0.3) is 5.91 Å². The first-order chi connectivity index (χ1) is 12.1. The monoisotopic (exact) mass is 363 g/mol. The smallest absolute Gasteiger partial charge is 0.265 e. The van der Waals surface area contributed by atoms with E-state index < -0.39 is 6.10 Å². The van der Waals surface area contributed by atoms with E-state index in [1.54, 1.807) is 36.4 Å². The van der Waals surface area contributed by atoms with Crippen molar-refractivity contribution in [2.45, 2.75) is 19.4 Å². The lowest BCUT2D eigenvalue weighted by atomic mass is 10.2. The van der Waals surface area contributed by atoms with Crippen molar-refractivity contribution in [1.82, 2.24) is 0 Å². The highest BCUT2D eigenvalue weighted by atomic mass is 35.5. The van der Waals surface area contributed by atoms with Gasteiger partial charge in [-0.25, -0.2) is 0 Å². The van der Waals surface area contributed by atoms with Gasteiger partial charge in [-0.2, -0.15) is 0 Å². The lowest BCUT2D eigenvalue weighted by Gasteiger charge is -2.18. The molecule has 0 saturated carbocycles. The molecule has 25 heavy (non-hydrogen) atoms. The second-order valence-electron chi connectivity index (χ2n) is 5.37. The van der Waals surface area contributed by atoms with Crippen LogP contribution in [0.15, 0.2) is 36.4 Å². The number of benzene rings is 2. The maximum absolute atomic E-state index is 12.5. The highest BCUT2D eigenvalue weighted by molar-refractivity contribution is 6.32. The van der Waals surface area contributed by atoms with Crippen LogP contribution in [0.2, 0.25) is 5.02 Å². The van der Waals surface area contributed by atoms with Crippen molar-refractivity contribution in [1.29, 1.82) is 0 Å². The van der Waals surface area contributed by atoms with Crippen molar-refractivity contribution < 1.29 is 23.7 Å². The zero-order chi connectivity index (χ0) is 17.8. The van der Waals surface area contributed by atoms with E-state index in [-0.39, 0.29) is 12.7 Å². The topological polar surface area (TPSA) is 66.0 Å². The third-order valence-corrected chi connectivity index (χ3v) is 4.00. The van der Waals surface area contributed by atoms with Gasteiger partial charge in [0.1, 0.15) is 11.5 Å².